The predicted molar refractivity (Wildman–Crippen MR) is 125 cm³/mol. The number of allylic oxidation sites excluding steroid dienone is 2. The van der Waals surface area contributed by atoms with Gasteiger partial charge in [0.25, 0.3) is 0 Å². The van der Waals surface area contributed by atoms with Crippen LogP contribution < -0.4 is 0 Å². The van der Waals surface area contributed by atoms with Crippen LogP contribution in [0.25, 0.3) is 0 Å². The Hall–Kier alpha value is -0.600. The molecular weight excluding hydrogens is 344 g/mol. The van der Waals surface area contributed by atoms with Gasteiger partial charge in [-0.15, -0.1) is 13.2 Å². The lowest BCUT2D eigenvalue weighted by molar-refractivity contribution is -0.0233. The third-order valence-electron chi connectivity index (χ3n) is 5.29. The summed E-state index contributed by atoms with van der Waals surface area (Å²) in [6.07, 6.45) is 25.9. The van der Waals surface area contributed by atoms with Crippen molar-refractivity contribution in [3.63, 3.8) is 0 Å². The minimum absolute atomic E-state index is 0.298. The molecule has 2 heteroatoms. The molecule has 0 aliphatic carbocycles. The molecule has 0 aromatic heterocycles. The van der Waals surface area contributed by atoms with Crippen molar-refractivity contribution in [1.82, 2.24) is 0 Å². The Morgan fingerprint density at radius 2 is 1.14 bits per heavy atom. The molecular formula is C26H50O2. The fourth-order valence-corrected chi connectivity index (χ4v) is 3.41. The lowest BCUT2D eigenvalue weighted by atomic mass is 10.1. The van der Waals surface area contributed by atoms with E-state index in [1.807, 2.05) is 12.2 Å². The lowest BCUT2D eigenvalue weighted by Crippen LogP contribution is -2.21. The van der Waals surface area contributed by atoms with E-state index in [0.717, 1.165) is 39.1 Å². The molecule has 0 aliphatic rings. The van der Waals surface area contributed by atoms with Gasteiger partial charge in [0, 0.05) is 13.2 Å². The van der Waals surface area contributed by atoms with E-state index in [4.69, 9.17) is 9.47 Å². The molecule has 0 aliphatic heterocycles. The Kier molecular flexibility index (Phi) is 23.9. The number of hydrogen-bond acceptors (Lipinski definition) is 2. The Morgan fingerprint density at radius 3 is 1.68 bits per heavy atom. The van der Waals surface area contributed by atoms with Gasteiger partial charge in [0.05, 0.1) is 12.7 Å². The van der Waals surface area contributed by atoms with Gasteiger partial charge in [0.1, 0.15) is 0 Å². The van der Waals surface area contributed by atoms with Gasteiger partial charge in [-0.2, -0.15) is 0 Å². The summed E-state index contributed by atoms with van der Waals surface area (Å²) in [5.74, 6) is 0. The highest BCUT2D eigenvalue weighted by atomic mass is 16.5. The largest absolute Gasteiger partial charge is 0.379 e. The van der Waals surface area contributed by atoms with Crippen LogP contribution in [0.4, 0.5) is 0 Å². The van der Waals surface area contributed by atoms with Gasteiger partial charge in [-0.05, 0) is 44.9 Å². The lowest BCUT2D eigenvalue weighted by Gasteiger charge is -2.18. The van der Waals surface area contributed by atoms with E-state index in [2.05, 4.69) is 20.1 Å². The fraction of sp³-hybridized carbons (Fsp3) is 0.846. The van der Waals surface area contributed by atoms with E-state index in [-0.39, 0.29) is 0 Å². The van der Waals surface area contributed by atoms with Crippen molar-refractivity contribution in [3.05, 3.63) is 25.3 Å². The molecule has 0 aromatic rings. The highest BCUT2D eigenvalue weighted by Crippen LogP contribution is 2.11. The molecule has 28 heavy (non-hydrogen) atoms. The van der Waals surface area contributed by atoms with Crippen LogP contribution in [0, 0.1) is 0 Å². The van der Waals surface area contributed by atoms with Crippen LogP contribution in [0.2, 0.25) is 0 Å². The molecule has 0 aromatic carbocycles. The van der Waals surface area contributed by atoms with E-state index in [1.54, 1.807) is 0 Å². The standard InChI is InChI=1S/C26H50O2/c1-4-7-10-12-14-16-18-20-23-27-25-26(22-9-6-3)28-24-21-19-17-15-13-11-8-5-2/h4-5,26H,1-2,6-25H2,3H3. The summed E-state index contributed by atoms with van der Waals surface area (Å²) < 4.78 is 12.1. The smallest absolute Gasteiger partial charge is 0.0808 e. The minimum Gasteiger partial charge on any atom is -0.379 e. The summed E-state index contributed by atoms with van der Waals surface area (Å²) in [4.78, 5) is 0. The first-order valence-electron chi connectivity index (χ1n) is 12.3. The summed E-state index contributed by atoms with van der Waals surface area (Å²) in [5.41, 5.74) is 0. The second-order valence-corrected chi connectivity index (χ2v) is 8.11. The van der Waals surface area contributed by atoms with E-state index < -0.39 is 0 Å². The van der Waals surface area contributed by atoms with E-state index in [1.165, 1.54) is 89.9 Å². The van der Waals surface area contributed by atoms with E-state index in [9.17, 15) is 0 Å². The highest BCUT2D eigenvalue weighted by molar-refractivity contribution is 4.66. The molecule has 0 saturated heterocycles. The normalized spacial score (nSPS) is 12.2. The Bertz CT molecular complexity index is 314. The Labute approximate surface area is 177 Å². The zero-order chi connectivity index (χ0) is 20.5. The van der Waals surface area contributed by atoms with Gasteiger partial charge in [-0.1, -0.05) is 83.3 Å². The fourth-order valence-electron chi connectivity index (χ4n) is 3.41. The van der Waals surface area contributed by atoms with Gasteiger partial charge in [-0.3, -0.25) is 0 Å². The van der Waals surface area contributed by atoms with Crippen LogP contribution in [0.1, 0.15) is 116 Å². The first-order valence-corrected chi connectivity index (χ1v) is 12.3. The average molecular weight is 395 g/mol. The summed E-state index contributed by atoms with van der Waals surface area (Å²) in [7, 11) is 0. The minimum atomic E-state index is 0.298. The molecule has 166 valence electrons. The molecule has 0 heterocycles. The molecule has 2 nitrogen and oxygen atoms in total. The molecule has 0 fully saturated rings. The molecule has 0 saturated carbocycles. The first kappa shape index (κ1) is 27.4. The maximum absolute atomic E-state index is 6.13. The Morgan fingerprint density at radius 1 is 0.643 bits per heavy atom. The van der Waals surface area contributed by atoms with Crippen molar-refractivity contribution >= 4 is 0 Å². The van der Waals surface area contributed by atoms with Crippen LogP contribution in [0.5, 0.6) is 0 Å². The van der Waals surface area contributed by atoms with Gasteiger partial charge < -0.3 is 9.47 Å². The van der Waals surface area contributed by atoms with Crippen molar-refractivity contribution in [2.75, 3.05) is 19.8 Å². The van der Waals surface area contributed by atoms with Gasteiger partial charge >= 0.3 is 0 Å². The van der Waals surface area contributed by atoms with Crippen LogP contribution >= 0.6 is 0 Å². The van der Waals surface area contributed by atoms with Gasteiger partial charge in [-0.25, -0.2) is 0 Å². The van der Waals surface area contributed by atoms with Crippen LogP contribution in [-0.2, 0) is 9.47 Å². The van der Waals surface area contributed by atoms with Crippen molar-refractivity contribution in [2.45, 2.75) is 122 Å². The van der Waals surface area contributed by atoms with E-state index >= 15 is 0 Å². The molecule has 0 spiro atoms. The molecule has 0 amide bonds. The van der Waals surface area contributed by atoms with Gasteiger partial charge in [0.15, 0.2) is 0 Å². The zero-order valence-corrected chi connectivity index (χ0v) is 19.1. The Balaban J connectivity index is 3.54. The maximum atomic E-state index is 6.13. The molecule has 0 bridgehead atoms. The summed E-state index contributed by atoms with van der Waals surface area (Å²) in [6, 6.07) is 0. The molecule has 0 radical (unpaired) electrons. The molecule has 0 rings (SSSR count). The highest BCUT2D eigenvalue weighted by Gasteiger charge is 2.09. The van der Waals surface area contributed by atoms with Crippen LogP contribution in [0.3, 0.4) is 0 Å². The SMILES string of the molecule is C=CCCCCCCCCOCC(CCCC)OCCCCCCCCC=C. The second kappa shape index (κ2) is 24.4. The number of rotatable bonds is 24. The van der Waals surface area contributed by atoms with E-state index in [0.29, 0.717) is 6.10 Å². The van der Waals surface area contributed by atoms with Crippen molar-refractivity contribution < 1.29 is 9.47 Å². The third kappa shape index (κ3) is 21.7. The van der Waals surface area contributed by atoms with Crippen molar-refractivity contribution in [3.8, 4) is 0 Å². The predicted octanol–water partition coefficient (Wildman–Crippen LogP) is 8.41. The van der Waals surface area contributed by atoms with Gasteiger partial charge in [0.2, 0.25) is 0 Å². The summed E-state index contributed by atoms with van der Waals surface area (Å²) >= 11 is 0. The van der Waals surface area contributed by atoms with Crippen molar-refractivity contribution in [1.29, 1.82) is 0 Å². The number of hydrogen-bond donors (Lipinski definition) is 0. The number of ether oxygens (including phenoxy) is 2. The monoisotopic (exact) mass is 394 g/mol. The topological polar surface area (TPSA) is 18.5 Å². The molecule has 1 atom stereocenters. The first-order chi connectivity index (χ1) is 13.8. The average Bonchev–Trinajstić information content (AvgIpc) is 2.71. The molecule has 1 unspecified atom stereocenters. The summed E-state index contributed by atoms with van der Waals surface area (Å²) in [6.45, 7) is 12.4. The van der Waals surface area contributed by atoms with Crippen LogP contribution in [-0.4, -0.2) is 25.9 Å². The number of unbranched alkanes of at least 4 members (excludes halogenated alkanes) is 13. The zero-order valence-electron chi connectivity index (χ0n) is 19.1. The summed E-state index contributed by atoms with van der Waals surface area (Å²) in [5, 5.41) is 0. The van der Waals surface area contributed by atoms with Crippen molar-refractivity contribution in [2.24, 2.45) is 0 Å². The van der Waals surface area contributed by atoms with Crippen LogP contribution in [0.15, 0.2) is 25.3 Å². The molecule has 0 N–H and O–H groups in total. The second-order valence-electron chi connectivity index (χ2n) is 8.11. The third-order valence-corrected chi connectivity index (χ3v) is 5.29. The quantitative estimate of drug-likeness (QED) is 0.121. The maximum Gasteiger partial charge on any atom is 0.0808 e.